The van der Waals surface area contributed by atoms with Crippen LogP contribution < -0.4 is 4.74 Å². The Labute approximate surface area is 121 Å². The van der Waals surface area contributed by atoms with Gasteiger partial charge in [0.1, 0.15) is 5.75 Å². The number of hydrogen-bond donors (Lipinski definition) is 0. The van der Waals surface area contributed by atoms with Crippen molar-refractivity contribution in [3.05, 3.63) is 29.3 Å². The average molecular weight is 276 g/mol. The van der Waals surface area contributed by atoms with Gasteiger partial charge >= 0.3 is 0 Å². The molecule has 1 aromatic carbocycles. The lowest BCUT2D eigenvalue weighted by Gasteiger charge is -2.34. The normalized spacial score (nSPS) is 16.2. The summed E-state index contributed by atoms with van der Waals surface area (Å²) >= 11 is 0. The van der Waals surface area contributed by atoms with Crippen molar-refractivity contribution in [2.24, 2.45) is 0 Å². The van der Waals surface area contributed by atoms with Crippen LogP contribution in [-0.4, -0.2) is 49.0 Å². The van der Waals surface area contributed by atoms with Gasteiger partial charge < -0.3 is 9.64 Å². The summed E-state index contributed by atoms with van der Waals surface area (Å²) in [5, 5.41) is 0. The SMILES string of the molecule is CCC(=O)N1CCN(Cc2ccc(OC)c(C)c2)CC1. The molecule has 1 amide bonds. The minimum absolute atomic E-state index is 0.268. The zero-order chi connectivity index (χ0) is 14.5. The van der Waals surface area contributed by atoms with Gasteiger partial charge in [-0.25, -0.2) is 0 Å². The van der Waals surface area contributed by atoms with Crippen LogP contribution >= 0.6 is 0 Å². The van der Waals surface area contributed by atoms with Crippen molar-refractivity contribution < 1.29 is 9.53 Å². The Bertz CT molecular complexity index is 466. The van der Waals surface area contributed by atoms with E-state index in [-0.39, 0.29) is 5.91 Å². The number of benzene rings is 1. The van der Waals surface area contributed by atoms with E-state index in [1.54, 1.807) is 7.11 Å². The molecule has 0 aromatic heterocycles. The molecule has 0 bridgehead atoms. The number of carbonyl (C=O) groups excluding carboxylic acids is 1. The Kier molecular flexibility index (Phi) is 5.01. The van der Waals surface area contributed by atoms with E-state index in [9.17, 15) is 4.79 Å². The van der Waals surface area contributed by atoms with E-state index in [0.717, 1.165) is 38.5 Å². The molecule has 0 unspecified atom stereocenters. The zero-order valence-corrected chi connectivity index (χ0v) is 12.7. The maximum absolute atomic E-state index is 11.6. The number of aryl methyl sites for hydroxylation is 1. The quantitative estimate of drug-likeness (QED) is 0.844. The van der Waals surface area contributed by atoms with Crippen molar-refractivity contribution in [3.63, 3.8) is 0 Å². The lowest BCUT2D eigenvalue weighted by atomic mass is 10.1. The molecule has 0 aliphatic carbocycles. The first-order valence-corrected chi connectivity index (χ1v) is 7.27. The Hall–Kier alpha value is -1.55. The summed E-state index contributed by atoms with van der Waals surface area (Å²) in [6.07, 6.45) is 0.609. The fourth-order valence-electron chi connectivity index (χ4n) is 2.68. The van der Waals surface area contributed by atoms with Crippen LogP contribution in [0, 0.1) is 6.92 Å². The topological polar surface area (TPSA) is 32.8 Å². The Balaban J connectivity index is 1.89. The third-order valence-corrected chi connectivity index (χ3v) is 3.89. The van der Waals surface area contributed by atoms with Gasteiger partial charge in [0.15, 0.2) is 0 Å². The molecule has 4 heteroatoms. The highest BCUT2D eigenvalue weighted by molar-refractivity contribution is 5.75. The van der Waals surface area contributed by atoms with Gasteiger partial charge in [-0.1, -0.05) is 19.1 Å². The highest BCUT2D eigenvalue weighted by atomic mass is 16.5. The number of piperazine rings is 1. The van der Waals surface area contributed by atoms with Gasteiger partial charge in [0.25, 0.3) is 0 Å². The third kappa shape index (κ3) is 3.51. The molecule has 0 spiro atoms. The van der Waals surface area contributed by atoms with Crippen LogP contribution in [0.25, 0.3) is 0 Å². The highest BCUT2D eigenvalue weighted by Gasteiger charge is 2.19. The van der Waals surface area contributed by atoms with Gasteiger partial charge in [-0.3, -0.25) is 9.69 Å². The lowest BCUT2D eigenvalue weighted by molar-refractivity contribution is -0.132. The van der Waals surface area contributed by atoms with Crippen molar-refractivity contribution in [2.45, 2.75) is 26.8 Å². The van der Waals surface area contributed by atoms with Gasteiger partial charge in [0, 0.05) is 39.1 Å². The van der Waals surface area contributed by atoms with Crippen molar-refractivity contribution in [1.29, 1.82) is 0 Å². The van der Waals surface area contributed by atoms with Gasteiger partial charge in [-0.05, 0) is 24.1 Å². The van der Waals surface area contributed by atoms with Crippen LogP contribution in [0.5, 0.6) is 5.75 Å². The molecule has 0 atom stereocenters. The highest BCUT2D eigenvalue weighted by Crippen LogP contribution is 2.19. The van der Waals surface area contributed by atoms with Crippen LogP contribution in [0.1, 0.15) is 24.5 Å². The molecule has 0 saturated carbocycles. The number of ether oxygens (including phenoxy) is 1. The molecule has 2 rings (SSSR count). The van der Waals surface area contributed by atoms with Crippen LogP contribution in [0.3, 0.4) is 0 Å². The second-order valence-corrected chi connectivity index (χ2v) is 5.31. The monoisotopic (exact) mass is 276 g/mol. The van der Waals surface area contributed by atoms with E-state index in [0.29, 0.717) is 6.42 Å². The Morgan fingerprint density at radius 3 is 2.50 bits per heavy atom. The minimum Gasteiger partial charge on any atom is -0.496 e. The standard InChI is InChI=1S/C16H24N2O2/c1-4-16(19)18-9-7-17(8-10-18)12-14-5-6-15(20-3)13(2)11-14/h5-6,11H,4,7-10,12H2,1-3H3. The number of carbonyl (C=O) groups is 1. The fraction of sp³-hybridized carbons (Fsp3) is 0.562. The van der Waals surface area contributed by atoms with Crippen LogP contribution in [-0.2, 0) is 11.3 Å². The van der Waals surface area contributed by atoms with Gasteiger partial charge in [0.05, 0.1) is 7.11 Å². The van der Waals surface area contributed by atoms with E-state index < -0.39 is 0 Å². The van der Waals surface area contributed by atoms with E-state index in [1.165, 1.54) is 11.1 Å². The predicted molar refractivity (Wildman–Crippen MR) is 79.9 cm³/mol. The summed E-state index contributed by atoms with van der Waals surface area (Å²) < 4.78 is 5.28. The molecule has 1 aliphatic heterocycles. The first kappa shape index (κ1) is 14.9. The molecular weight excluding hydrogens is 252 g/mol. The summed E-state index contributed by atoms with van der Waals surface area (Å²) in [5.74, 6) is 1.21. The van der Waals surface area contributed by atoms with Crippen molar-refractivity contribution in [1.82, 2.24) is 9.80 Å². The molecular formula is C16H24N2O2. The predicted octanol–water partition coefficient (Wildman–Crippen LogP) is 2.06. The van der Waals surface area contributed by atoms with Crippen LogP contribution in [0.15, 0.2) is 18.2 Å². The summed E-state index contributed by atoms with van der Waals surface area (Å²) in [5.41, 5.74) is 2.48. The van der Waals surface area contributed by atoms with Gasteiger partial charge in [-0.15, -0.1) is 0 Å². The molecule has 1 heterocycles. The molecule has 0 radical (unpaired) electrons. The van der Waals surface area contributed by atoms with Crippen molar-refractivity contribution >= 4 is 5.91 Å². The number of amides is 1. The third-order valence-electron chi connectivity index (χ3n) is 3.89. The lowest BCUT2D eigenvalue weighted by Crippen LogP contribution is -2.48. The van der Waals surface area contributed by atoms with Crippen molar-refractivity contribution in [3.8, 4) is 5.75 Å². The zero-order valence-electron chi connectivity index (χ0n) is 12.7. The number of methoxy groups -OCH3 is 1. The van der Waals surface area contributed by atoms with Crippen molar-refractivity contribution in [2.75, 3.05) is 33.3 Å². The molecule has 110 valence electrons. The summed E-state index contributed by atoms with van der Waals surface area (Å²) in [4.78, 5) is 16.0. The Morgan fingerprint density at radius 2 is 1.95 bits per heavy atom. The Morgan fingerprint density at radius 1 is 1.25 bits per heavy atom. The van der Waals surface area contributed by atoms with Gasteiger partial charge in [-0.2, -0.15) is 0 Å². The van der Waals surface area contributed by atoms with E-state index in [1.807, 2.05) is 17.9 Å². The molecule has 0 N–H and O–H groups in total. The number of rotatable bonds is 4. The number of nitrogens with zero attached hydrogens (tertiary/aromatic N) is 2. The largest absolute Gasteiger partial charge is 0.496 e. The average Bonchev–Trinajstić information content (AvgIpc) is 2.47. The number of hydrogen-bond acceptors (Lipinski definition) is 3. The first-order valence-electron chi connectivity index (χ1n) is 7.27. The second kappa shape index (κ2) is 6.75. The molecule has 1 aromatic rings. The minimum atomic E-state index is 0.268. The fourth-order valence-corrected chi connectivity index (χ4v) is 2.68. The maximum Gasteiger partial charge on any atom is 0.222 e. The molecule has 20 heavy (non-hydrogen) atoms. The molecule has 1 aliphatic rings. The summed E-state index contributed by atoms with van der Waals surface area (Å²) in [6, 6.07) is 6.33. The van der Waals surface area contributed by atoms with E-state index >= 15 is 0 Å². The smallest absolute Gasteiger partial charge is 0.222 e. The first-order chi connectivity index (χ1) is 9.63. The second-order valence-electron chi connectivity index (χ2n) is 5.31. The molecule has 1 fully saturated rings. The van der Waals surface area contributed by atoms with Crippen LogP contribution in [0.4, 0.5) is 0 Å². The van der Waals surface area contributed by atoms with Crippen LogP contribution in [0.2, 0.25) is 0 Å². The summed E-state index contributed by atoms with van der Waals surface area (Å²) in [6.45, 7) is 8.55. The van der Waals surface area contributed by atoms with E-state index in [2.05, 4.69) is 24.0 Å². The van der Waals surface area contributed by atoms with Gasteiger partial charge in [0.2, 0.25) is 5.91 Å². The van der Waals surface area contributed by atoms with E-state index in [4.69, 9.17) is 4.74 Å². The molecule has 4 nitrogen and oxygen atoms in total. The molecule has 1 saturated heterocycles. The maximum atomic E-state index is 11.6. The summed E-state index contributed by atoms with van der Waals surface area (Å²) in [7, 11) is 1.70.